The summed E-state index contributed by atoms with van der Waals surface area (Å²) >= 11 is 0. The highest BCUT2D eigenvalue weighted by atomic mass is 15.0. The SMILES string of the molecule is CCC(N)c1ncc(-c2cccc(C#N)c2)[nH]1. The number of aromatic amines is 1. The van der Waals surface area contributed by atoms with Crippen LogP contribution < -0.4 is 5.73 Å². The van der Waals surface area contributed by atoms with E-state index in [9.17, 15) is 0 Å². The van der Waals surface area contributed by atoms with E-state index in [2.05, 4.69) is 16.0 Å². The Kier molecular flexibility index (Phi) is 3.22. The summed E-state index contributed by atoms with van der Waals surface area (Å²) in [4.78, 5) is 7.44. The van der Waals surface area contributed by atoms with Crippen molar-refractivity contribution < 1.29 is 0 Å². The molecule has 0 fully saturated rings. The van der Waals surface area contributed by atoms with Crippen LogP contribution in [-0.2, 0) is 0 Å². The fraction of sp³-hybridized carbons (Fsp3) is 0.231. The molecule has 1 atom stereocenters. The number of aromatic nitrogens is 2. The molecule has 0 radical (unpaired) electrons. The summed E-state index contributed by atoms with van der Waals surface area (Å²) in [5.74, 6) is 0.782. The summed E-state index contributed by atoms with van der Waals surface area (Å²) in [6, 6.07) is 9.45. The molecule has 4 nitrogen and oxygen atoms in total. The number of nitrogens with two attached hydrogens (primary N) is 1. The minimum absolute atomic E-state index is 0.0668. The van der Waals surface area contributed by atoms with Gasteiger partial charge in [-0.1, -0.05) is 19.1 Å². The van der Waals surface area contributed by atoms with Crippen LogP contribution in [0.2, 0.25) is 0 Å². The minimum Gasteiger partial charge on any atom is -0.341 e. The van der Waals surface area contributed by atoms with Crippen LogP contribution in [0, 0.1) is 11.3 Å². The molecule has 0 bridgehead atoms. The average Bonchev–Trinajstić information content (AvgIpc) is 2.87. The van der Waals surface area contributed by atoms with Crippen LogP contribution in [0.3, 0.4) is 0 Å². The maximum atomic E-state index is 8.84. The molecule has 86 valence electrons. The zero-order valence-electron chi connectivity index (χ0n) is 9.64. The lowest BCUT2D eigenvalue weighted by molar-refractivity contribution is 0.658. The first-order chi connectivity index (χ1) is 8.24. The molecule has 0 aliphatic rings. The van der Waals surface area contributed by atoms with E-state index in [4.69, 9.17) is 11.0 Å². The molecule has 2 aromatic rings. The fourth-order valence-corrected chi connectivity index (χ4v) is 1.62. The van der Waals surface area contributed by atoms with Crippen LogP contribution in [0.4, 0.5) is 0 Å². The lowest BCUT2D eigenvalue weighted by Gasteiger charge is -2.03. The van der Waals surface area contributed by atoms with E-state index in [-0.39, 0.29) is 6.04 Å². The molecule has 0 aliphatic carbocycles. The lowest BCUT2D eigenvalue weighted by atomic mass is 10.1. The number of imidazole rings is 1. The minimum atomic E-state index is -0.0668. The van der Waals surface area contributed by atoms with Crippen molar-refractivity contribution in [3.05, 3.63) is 41.9 Å². The molecule has 1 aromatic heterocycles. The first-order valence-electron chi connectivity index (χ1n) is 5.55. The molecule has 1 aromatic carbocycles. The summed E-state index contributed by atoms with van der Waals surface area (Å²) in [6.07, 6.45) is 2.59. The summed E-state index contributed by atoms with van der Waals surface area (Å²) in [7, 11) is 0. The molecule has 2 rings (SSSR count). The zero-order chi connectivity index (χ0) is 12.3. The maximum absolute atomic E-state index is 8.84. The molecule has 0 aliphatic heterocycles. The van der Waals surface area contributed by atoms with Crippen LogP contribution in [-0.4, -0.2) is 9.97 Å². The van der Waals surface area contributed by atoms with Gasteiger partial charge in [0.1, 0.15) is 5.82 Å². The largest absolute Gasteiger partial charge is 0.341 e. The highest BCUT2D eigenvalue weighted by molar-refractivity contribution is 5.60. The molecule has 17 heavy (non-hydrogen) atoms. The molecule has 0 saturated carbocycles. The smallest absolute Gasteiger partial charge is 0.123 e. The van der Waals surface area contributed by atoms with Crippen LogP contribution in [0.25, 0.3) is 11.3 Å². The second kappa shape index (κ2) is 4.81. The van der Waals surface area contributed by atoms with E-state index in [1.807, 2.05) is 25.1 Å². The summed E-state index contributed by atoms with van der Waals surface area (Å²) in [5, 5.41) is 8.84. The maximum Gasteiger partial charge on any atom is 0.123 e. The number of hydrogen-bond acceptors (Lipinski definition) is 3. The van der Waals surface area contributed by atoms with E-state index >= 15 is 0 Å². The molecular weight excluding hydrogens is 212 g/mol. The third-order valence-electron chi connectivity index (χ3n) is 2.69. The quantitative estimate of drug-likeness (QED) is 0.843. The first-order valence-corrected chi connectivity index (χ1v) is 5.55. The number of rotatable bonds is 3. The number of nitriles is 1. The van der Waals surface area contributed by atoms with Crippen molar-refractivity contribution in [2.45, 2.75) is 19.4 Å². The van der Waals surface area contributed by atoms with Gasteiger partial charge in [0.05, 0.1) is 29.6 Å². The Hall–Kier alpha value is -2.12. The molecule has 1 heterocycles. The van der Waals surface area contributed by atoms with Gasteiger partial charge >= 0.3 is 0 Å². The van der Waals surface area contributed by atoms with E-state index in [1.165, 1.54) is 0 Å². The van der Waals surface area contributed by atoms with Gasteiger partial charge in [0.2, 0.25) is 0 Å². The molecule has 3 N–H and O–H groups in total. The van der Waals surface area contributed by atoms with E-state index in [0.29, 0.717) is 5.56 Å². The van der Waals surface area contributed by atoms with Gasteiger partial charge in [-0.25, -0.2) is 4.98 Å². The molecule has 0 amide bonds. The van der Waals surface area contributed by atoms with Gasteiger partial charge in [-0.2, -0.15) is 5.26 Å². The lowest BCUT2D eigenvalue weighted by Crippen LogP contribution is -2.10. The van der Waals surface area contributed by atoms with E-state index in [0.717, 1.165) is 23.5 Å². The van der Waals surface area contributed by atoms with Crippen molar-refractivity contribution in [3.63, 3.8) is 0 Å². The summed E-state index contributed by atoms with van der Waals surface area (Å²) < 4.78 is 0. The van der Waals surface area contributed by atoms with E-state index in [1.54, 1.807) is 12.3 Å². The van der Waals surface area contributed by atoms with E-state index < -0.39 is 0 Å². The van der Waals surface area contributed by atoms with Gasteiger partial charge in [0, 0.05) is 5.56 Å². The molecule has 0 saturated heterocycles. The molecule has 0 spiro atoms. The second-order valence-corrected chi connectivity index (χ2v) is 3.89. The predicted octanol–water partition coefficient (Wildman–Crippen LogP) is 2.36. The van der Waals surface area contributed by atoms with Crippen LogP contribution >= 0.6 is 0 Å². The highest BCUT2D eigenvalue weighted by Crippen LogP contribution is 2.20. The van der Waals surface area contributed by atoms with Crippen LogP contribution in [0.15, 0.2) is 30.5 Å². The average molecular weight is 226 g/mol. The van der Waals surface area contributed by atoms with Crippen molar-refractivity contribution in [2.75, 3.05) is 0 Å². The number of nitrogens with one attached hydrogen (secondary N) is 1. The van der Waals surface area contributed by atoms with Crippen LogP contribution in [0.1, 0.15) is 30.8 Å². The molecule has 1 unspecified atom stereocenters. The van der Waals surface area contributed by atoms with Crippen molar-refractivity contribution in [3.8, 4) is 17.3 Å². The van der Waals surface area contributed by atoms with Crippen LogP contribution in [0.5, 0.6) is 0 Å². The molecule has 4 heteroatoms. The van der Waals surface area contributed by atoms with Gasteiger partial charge in [-0.3, -0.25) is 0 Å². The second-order valence-electron chi connectivity index (χ2n) is 3.89. The van der Waals surface area contributed by atoms with Gasteiger partial charge in [0.15, 0.2) is 0 Å². The van der Waals surface area contributed by atoms with Crippen molar-refractivity contribution in [1.29, 1.82) is 5.26 Å². The Labute approximate surface area is 100 Å². The van der Waals surface area contributed by atoms with Crippen molar-refractivity contribution >= 4 is 0 Å². The van der Waals surface area contributed by atoms with Gasteiger partial charge < -0.3 is 10.7 Å². The zero-order valence-corrected chi connectivity index (χ0v) is 9.64. The monoisotopic (exact) mass is 226 g/mol. The number of H-pyrrole nitrogens is 1. The summed E-state index contributed by atoms with van der Waals surface area (Å²) in [5.41, 5.74) is 8.37. The topological polar surface area (TPSA) is 78.5 Å². The third-order valence-corrected chi connectivity index (χ3v) is 2.69. The number of hydrogen-bond donors (Lipinski definition) is 2. The highest BCUT2D eigenvalue weighted by Gasteiger charge is 2.09. The normalized spacial score (nSPS) is 12.1. The van der Waals surface area contributed by atoms with Crippen molar-refractivity contribution in [2.24, 2.45) is 5.73 Å². The fourth-order valence-electron chi connectivity index (χ4n) is 1.62. The Morgan fingerprint density at radius 1 is 1.53 bits per heavy atom. The van der Waals surface area contributed by atoms with Gasteiger partial charge in [-0.05, 0) is 18.6 Å². The Morgan fingerprint density at radius 2 is 2.35 bits per heavy atom. The first kappa shape index (κ1) is 11.4. The predicted molar refractivity (Wildman–Crippen MR) is 66.0 cm³/mol. The Bertz CT molecular complexity index is 551. The number of benzene rings is 1. The summed E-state index contributed by atoms with van der Waals surface area (Å²) in [6.45, 7) is 2.02. The Balaban J connectivity index is 2.34. The number of nitrogens with zero attached hydrogens (tertiary/aromatic N) is 2. The Morgan fingerprint density at radius 3 is 3.06 bits per heavy atom. The van der Waals surface area contributed by atoms with Gasteiger partial charge in [0.25, 0.3) is 0 Å². The standard InChI is InChI=1S/C13H14N4/c1-2-11(15)13-16-8-12(17-13)10-5-3-4-9(6-10)7-14/h3-6,8,11H,2,15H2,1H3,(H,16,17). The third kappa shape index (κ3) is 2.35. The van der Waals surface area contributed by atoms with Gasteiger partial charge in [-0.15, -0.1) is 0 Å². The molecular formula is C13H14N4. The van der Waals surface area contributed by atoms with Crippen molar-refractivity contribution in [1.82, 2.24) is 9.97 Å².